The molecule has 0 aliphatic heterocycles. The molecule has 3 nitrogen and oxygen atoms in total. The molecule has 0 amide bonds. The molecule has 0 spiro atoms. The second-order valence-electron chi connectivity index (χ2n) is 4.73. The standard InChI is InChI=1S/C14H26O3/c1-6-14(3,17-5)10-8-7-9-12(2)11-13(15)16-4/h11H,6-10H2,1-5H3/b12-11+. The van der Waals surface area contributed by atoms with Crippen molar-refractivity contribution in [2.75, 3.05) is 14.2 Å². The van der Waals surface area contributed by atoms with E-state index >= 15 is 0 Å². The molecule has 0 aromatic rings. The van der Waals surface area contributed by atoms with Gasteiger partial charge in [0.05, 0.1) is 12.7 Å². The van der Waals surface area contributed by atoms with E-state index in [1.54, 1.807) is 13.2 Å². The van der Waals surface area contributed by atoms with Crippen molar-refractivity contribution in [3.05, 3.63) is 11.6 Å². The summed E-state index contributed by atoms with van der Waals surface area (Å²) in [6.07, 6.45) is 6.79. The SMILES string of the molecule is CCC(C)(CCCC/C(C)=C/C(=O)OC)OC. The highest BCUT2D eigenvalue weighted by Gasteiger charge is 2.19. The zero-order valence-electron chi connectivity index (χ0n) is 11.8. The van der Waals surface area contributed by atoms with Gasteiger partial charge >= 0.3 is 5.97 Å². The third-order valence-electron chi connectivity index (χ3n) is 3.33. The van der Waals surface area contributed by atoms with E-state index in [4.69, 9.17) is 4.74 Å². The smallest absolute Gasteiger partial charge is 0.330 e. The normalized spacial score (nSPS) is 15.5. The van der Waals surface area contributed by atoms with Gasteiger partial charge in [-0.3, -0.25) is 0 Å². The maximum atomic E-state index is 11.0. The third kappa shape index (κ3) is 7.16. The first kappa shape index (κ1) is 16.2. The van der Waals surface area contributed by atoms with E-state index in [0.29, 0.717) is 0 Å². The van der Waals surface area contributed by atoms with Gasteiger partial charge < -0.3 is 9.47 Å². The molecular formula is C14H26O3. The Morgan fingerprint density at radius 3 is 2.41 bits per heavy atom. The molecule has 1 unspecified atom stereocenters. The summed E-state index contributed by atoms with van der Waals surface area (Å²) in [5, 5.41) is 0. The predicted octanol–water partition coefficient (Wildman–Crippen LogP) is 3.48. The topological polar surface area (TPSA) is 35.5 Å². The number of unbranched alkanes of at least 4 members (excludes halogenated alkanes) is 1. The van der Waals surface area contributed by atoms with Gasteiger partial charge in [-0.2, -0.15) is 0 Å². The molecule has 0 radical (unpaired) electrons. The molecule has 0 rings (SSSR count). The number of rotatable bonds is 8. The zero-order chi connectivity index (χ0) is 13.3. The minimum atomic E-state index is -0.266. The maximum absolute atomic E-state index is 11.0. The van der Waals surface area contributed by atoms with E-state index in [-0.39, 0.29) is 11.6 Å². The molecule has 0 aliphatic rings. The van der Waals surface area contributed by atoms with Crippen LogP contribution in [0.5, 0.6) is 0 Å². The average molecular weight is 242 g/mol. The number of esters is 1. The summed E-state index contributed by atoms with van der Waals surface area (Å²) >= 11 is 0. The van der Waals surface area contributed by atoms with Crippen LogP contribution in [-0.4, -0.2) is 25.8 Å². The van der Waals surface area contributed by atoms with E-state index in [9.17, 15) is 4.79 Å². The quantitative estimate of drug-likeness (QED) is 0.371. The second-order valence-corrected chi connectivity index (χ2v) is 4.73. The van der Waals surface area contributed by atoms with Gasteiger partial charge in [-0.05, 0) is 39.5 Å². The van der Waals surface area contributed by atoms with Gasteiger partial charge in [0, 0.05) is 13.2 Å². The summed E-state index contributed by atoms with van der Waals surface area (Å²) in [5.41, 5.74) is 1.08. The number of carbonyl (C=O) groups is 1. The number of hydrogen-bond donors (Lipinski definition) is 0. The predicted molar refractivity (Wildman–Crippen MR) is 69.9 cm³/mol. The van der Waals surface area contributed by atoms with Crippen molar-refractivity contribution < 1.29 is 14.3 Å². The van der Waals surface area contributed by atoms with Crippen LogP contribution in [0.2, 0.25) is 0 Å². The van der Waals surface area contributed by atoms with Gasteiger partial charge in [0.2, 0.25) is 0 Å². The van der Waals surface area contributed by atoms with E-state index in [2.05, 4.69) is 18.6 Å². The first-order chi connectivity index (χ1) is 7.97. The lowest BCUT2D eigenvalue weighted by Gasteiger charge is -2.26. The van der Waals surface area contributed by atoms with Crippen LogP contribution >= 0.6 is 0 Å². The number of ether oxygens (including phenoxy) is 2. The Balaban J connectivity index is 3.85. The van der Waals surface area contributed by atoms with Crippen LogP contribution < -0.4 is 0 Å². The minimum absolute atomic E-state index is 0.0000316. The summed E-state index contributed by atoms with van der Waals surface area (Å²) < 4.78 is 10.1. The highest BCUT2D eigenvalue weighted by molar-refractivity contribution is 5.82. The maximum Gasteiger partial charge on any atom is 0.330 e. The Morgan fingerprint density at radius 1 is 1.29 bits per heavy atom. The molecule has 0 heterocycles. The molecule has 0 saturated carbocycles. The molecule has 0 fully saturated rings. The molecule has 0 N–H and O–H groups in total. The van der Waals surface area contributed by atoms with Crippen LogP contribution in [0, 0.1) is 0 Å². The average Bonchev–Trinajstić information content (AvgIpc) is 2.34. The van der Waals surface area contributed by atoms with E-state index in [1.165, 1.54) is 7.11 Å². The van der Waals surface area contributed by atoms with Crippen molar-refractivity contribution in [2.24, 2.45) is 0 Å². The summed E-state index contributed by atoms with van der Waals surface area (Å²) in [6, 6.07) is 0. The zero-order valence-corrected chi connectivity index (χ0v) is 11.8. The minimum Gasteiger partial charge on any atom is -0.466 e. The summed E-state index contributed by atoms with van der Waals surface area (Å²) in [6.45, 7) is 6.25. The van der Waals surface area contributed by atoms with Crippen LogP contribution in [0.25, 0.3) is 0 Å². The molecule has 0 aromatic carbocycles. The van der Waals surface area contributed by atoms with Gasteiger partial charge in [-0.25, -0.2) is 4.79 Å². The van der Waals surface area contributed by atoms with E-state index in [1.807, 2.05) is 6.92 Å². The van der Waals surface area contributed by atoms with Crippen LogP contribution in [-0.2, 0) is 14.3 Å². The lowest BCUT2D eigenvalue weighted by atomic mass is 9.94. The van der Waals surface area contributed by atoms with Crippen molar-refractivity contribution >= 4 is 5.97 Å². The Kier molecular flexibility index (Phi) is 7.88. The van der Waals surface area contributed by atoms with Gasteiger partial charge in [0.15, 0.2) is 0 Å². The van der Waals surface area contributed by atoms with Gasteiger partial charge in [0.1, 0.15) is 0 Å². The Morgan fingerprint density at radius 2 is 1.94 bits per heavy atom. The largest absolute Gasteiger partial charge is 0.466 e. The Hall–Kier alpha value is -0.830. The molecular weight excluding hydrogens is 216 g/mol. The fourth-order valence-corrected chi connectivity index (χ4v) is 1.66. The monoisotopic (exact) mass is 242 g/mol. The van der Waals surface area contributed by atoms with E-state index < -0.39 is 0 Å². The van der Waals surface area contributed by atoms with Gasteiger partial charge in [-0.1, -0.05) is 18.9 Å². The van der Waals surface area contributed by atoms with Crippen molar-refractivity contribution in [3.8, 4) is 0 Å². The molecule has 17 heavy (non-hydrogen) atoms. The first-order valence-electron chi connectivity index (χ1n) is 6.27. The van der Waals surface area contributed by atoms with Gasteiger partial charge in [-0.15, -0.1) is 0 Å². The molecule has 1 atom stereocenters. The Bertz CT molecular complexity index is 252. The molecule has 0 saturated heterocycles. The summed E-state index contributed by atoms with van der Waals surface area (Å²) in [7, 11) is 3.17. The van der Waals surface area contributed by atoms with Crippen molar-refractivity contribution in [2.45, 2.75) is 58.5 Å². The van der Waals surface area contributed by atoms with Crippen LogP contribution in [0.1, 0.15) is 52.9 Å². The molecule has 100 valence electrons. The van der Waals surface area contributed by atoms with Crippen LogP contribution in [0.3, 0.4) is 0 Å². The molecule has 0 aliphatic carbocycles. The lowest BCUT2D eigenvalue weighted by molar-refractivity contribution is -0.134. The number of hydrogen-bond acceptors (Lipinski definition) is 3. The number of methoxy groups -OCH3 is 2. The van der Waals surface area contributed by atoms with Crippen LogP contribution in [0.15, 0.2) is 11.6 Å². The molecule has 3 heteroatoms. The van der Waals surface area contributed by atoms with Crippen molar-refractivity contribution in [3.63, 3.8) is 0 Å². The van der Waals surface area contributed by atoms with E-state index in [0.717, 1.165) is 37.7 Å². The van der Waals surface area contributed by atoms with Crippen molar-refractivity contribution in [1.82, 2.24) is 0 Å². The fraction of sp³-hybridized carbons (Fsp3) is 0.786. The highest BCUT2D eigenvalue weighted by atomic mass is 16.5. The third-order valence-corrected chi connectivity index (χ3v) is 3.33. The van der Waals surface area contributed by atoms with Crippen molar-refractivity contribution in [1.29, 1.82) is 0 Å². The Labute approximate surface area is 105 Å². The molecule has 0 aromatic heterocycles. The highest BCUT2D eigenvalue weighted by Crippen LogP contribution is 2.22. The number of allylic oxidation sites excluding steroid dienone is 1. The summed E-state index contributed by atoms with van der Waals surface area (Å²) in [5.74, 6) is -0.266. The van der Waals surface area contributed by atoms with Gasteiger partial charge in [0.25, 0.3) is 0 Å². The number of carbonyl (C=O) groups excluding carboxylic acids is 1. The first-order valence-corrected chi connectivity index (χ1v) is 6.27. The lowest BCUT2D eigenvalue weighted by Crippen LogP contribution is -2.25. The second kappa shape index (κ2) is 8.29. The molecule has 0 bridgehead atoms. The summed E-state index contributed by atoms with van der Waals surface area (Å²) in [4.78, 5) is 11.0. The van der Waals surface area contributed by atoms with Crippen LogP contribution in [0.4, 0.5) is 0 Å². The fourth-order valence-electron chi connectivity index (χ4n) is 1.66.